The van der Waals surface area contributed by atoms with Crippen molar-refractivity contribution in [3.05, 3.63) is 52.6 Å². The van der Waals surface area contributed by atoms with Crippen LogP contribution in [0, 0.1) is 19.8 Å². The van der Waals surface area contributed by atoms with Crippen LogP contribution in [0.5, 0.6) is 0 Å². The molecule has 0 saturated carbocycles. The van der Waals surface area contributed by atoms with Crippen LogP contribution in [0.25, 0.3) is 6.08 Å². The lowest BCUT2D eigenvalue weighted by Gasteiger charge is -2.41. The third-order valence-electron chi connectivity index (χ3n) is 9.23. The lowest BCUT2D eigenvalue weighted by molar-refractivity contribution is -0.181. The summed E-state index contributed by atoms with van der Waals surface area (Å²) in [6.07, 6.45) is 5.28. The molecule has 13 heteroatoms. The number of nitrogens with zero attached hydrogens (tertiary/aromatic N) is 7. The number of hydrogen-bond acceptors (Lipinski definition) is 9. The molecule has 4 aliphatic rings. The number of carbonyl (C=O) groups is 1. The van der Waals surface area contributed by atoms with E-state index in [1.54, 1.807) is 29.4 Å². The summed E-state index contributed by atoms with van der Waals surface area (Å²) in [5, 5.41) is 8.94. The highest BCUT2D eigenvalue weighted by Crippen LogP contribution is 2.37. The molecule has 3 fully saturated rings. The molecular formula is C31H38F3N7O3. The third kappa shape index (κ3) is 6.16. The van der Waals surface area contributed by atoms with Gasteiger partial charge in [0.25, 0.3) is 5.91 Å². The molecule has 6 rings (SSSR count). The average molecular weight is 614 g/mol. The minimum Gasteiger partial charge on any atom is -0.351 e. The van der Waals surface area contributed by atoms with Crippen molar-refractivity contribution in [1.82, 2.24) is 25.1 Å². The summed E-state index contributed by atoms with van der Waals surface area (Å²) < 4.78 is 51.2. The first kappa shape index (κ1) is 30.4. The van der Waals surface area contributed by atoms with E-state index >= 15 is 0 Å². The summed E-state index contributed by atoms with van der Waals surface area (Å²) >= 11 is 0. The summed E-state index contributed by atoms with van der Waals surface area (Å²) in [7, 11) is 0. The minimum absolute atomic E-state index is 0.0524. The summed E-state index contributed by atoms with van der Waals surface area (Å²) in [5.74, 6) is -0.655. The van der Waals surface area contributed by atoms with E-state index < -0.39 is 17.9 Å². The van der Waals surface area contributed by atoms with E-state index in [2.05, 4.69) is 36.9 Å². The largest absolute Gasteiger partial charge is 0.395 e. The second kappa shape index (κ2) is 12.1. The molecule has 1 amide bonds. The zero-order valence-electron chi connectivity index (χ0n) is 25.3. The first-order valence-electron chi connectivity index (χ1n) is 15.2. The fraction of sp³-hybridized carbons (Fsp3) is 0.581. The van der Waals surface area contributed by atoms with Crippen molar-refractivity contribution in [2.24, 2.45) is 5.92 Å². The highest BCUT2D eigenvalue weighted by Gasteiger charge is 2.41. The molecule has 1 unspecified atom stereocenters. The number of anilines is 2. The number of carbonyl (C=O) groups excluding carboxylic acids is 1. The molecular weight excluding hydrogens is 575 g/mol. The number of rotatable bonds is 4. The maximum Gasteiger partial charge on any atom is 0.395 e. The minimum atomic E-state index is -4.25. The van der Waals surface area contributed by atoms with Crippen LogP contribution in [-0.2, 0) is 9.47 Å². The van der Waals surface area contributed by atoms with Gasteiger partial charge in [-0.25, -0.2) is 9.97 Å². The van der Waals surface area contributed by atoms with Crippen molar-refractivity contribution in [1.29, 1.82) is 0 Å². The third-order valence-corrected chi connectivity index (χ3v) is 9.23. The zero-order valence-corrected chi connectivity index (χ0v) is 25.3. The van der Waals surface area contributed by atoms with Gasteiger partial charge in [0.05, 0.1) is 37.2 Å². The maximum atomic E-state index is 13.2. The Morgan fingerprint density at radius 2 is 1.77 bits per heavy atom. The van der Waals surface area contributed by atoms with Gasteiger partial charge in [0.1, 0.15) is 11.5 Å². The second-order valence-electron chi connectivity index (χ2n) is 12.1. The number of amides is 1. The number of likely N-dealkylation sites (tertiary alicyclic amines) is 1. The molecule has 0 radical (unpaired) electrons. The molecule has 3 aliphatic heterocycles. The van der Waals surface area contributed by atoms with Crippen LogP contribution in [0.3, 0.4) is 0 Å². The van der Waals surface area contributed by atoms with Crippen molar-refractivity contribution in [3.63, 3.8) is 0 Å². The Hall–Kier alpha value is -3.58. The number of hydrogen-bond donors (Lipinski definition) is 0. The predicted octanol–water partition coefficient (Wildman–Crippen LogP) is 4.49. The molecule has 0 aromatic carbocycles. The summed E-state index contributed by atoms with van der Waals surface area (Å²) in [5.41, 5.74) is 3.50. The van der Waals surface area contributed by atoms with Gasteiger partial charge < -0.3 is 24.2 Å². The standard InChI is InChI=1S/C31H38F3N7O3/c1-20-19-40(28-22(3)21(2)25(37-38-28)16-23-5-4-6-24(15-23)31(32,33)34)11-12-41(20)27-18-35-26(17-36-27)29(42)39-9-7-30(8-10-39)43-13-14-44-30/h4,6,16-18,20,24H,5,7-15,19H2,1-3H3/b23-16-/t20-,24?/m1/s1. The summed E-state index contributed by atoms with van der Waals surface area (Å²) in [6, 6.07) is 0.0842. The Kier molecular flexibility index (Phi) is 8.35. The van der Waals surface area contributed by atoms with E-state index in [1.165, 1.54) is 6.08 Å². The lowest BCUT2D eigenvalue weighted by atomic mass is 9.90. The van der Waals surface area contributed by atoms with Gasteiger partial charge in [-0.2, -0.15) is 13.2 Å². The van der Waals surface area contributed by atoms with Gasteiger partial charge in [-0.15, -0.1) is 10.2 Å². The van der Waals surface area contributed by atoms with Gasteiger partial charge in [0, 0.05) is 51.6 Å². The lowest BCUT2D eigenvalue weighted by Crippen LogP contribution is -2.53. The van der Waals surface area contributed by atoms with Crippen LogP contribution in [0.2, 0.25) is 0 Å². The summed E-state index contributed by atoms with van der Waals surface area (Å²) in [4.78, 5) is 28.2. The van der Waals surface area contributed by atoms with Crippen LogP contribution in [0.1, 0.15) is 59.9 Å². The monoisotopic (exact) mass is 613 g/mol. The normalized spacial score (nSPS) is 24.9. The second-order valence-corrected chi connectivity index (χ2v) is 12.1. The summed E-state index contributed by atoms with van der Waals surface area (Å²) in [6.45, 7) is 10.4. The Labute approximate surface area is 254 Å². The van der Waals surface area contributed by atoms with E-state index in [0.717, 1.165) is 16.9 Å². The number of halogens is 3. The number of piperidine rings is 1. The molecule has 0 N–H and O–H groups in total. The van der Waals surface area contributed by atoms with Gasteiger partial charge in [-0.1, -0.05) is 17.7 Å². The fourth-order valence-corrected chi connectivity index (χ4v) is 6.47. The first-order valence-corrected chi connectivity index (χ1v) is 15.2. The maximum absolute atomic E-state index is 13.2. The van der Waals surface area contributed by atoms with E-state index in [4.69, 9.17) is 9.47 Å². The van der Waals surface area contributed by atoms with Crippen LogP contribution in [0.15, 0.2) is 30.1 Å². The molecule has 2 aromatic rings. The van der Waals surface area contributed by atoms with Crippen molar-refractivity contribution in [3.8, 4) is 0 Å². The van der Waals surface area contributed by atoms with Gasteiger partial charge in [-0.05, 0) is 50.8 Å². The molecule has 2 atom stereocenters. The topological polar surface area (TPSA) is 96.8 Å². The number of piperazine rings is 1. The van der Waals surface area contributed by atoms with Gasteiger partial charge in [0.2, 0.25) is 0 Å². The van der Waals surface area contributed by atoms with Crippen LogP contribution < -0.4 is 9.80 Å². The Morgan fingerprint density at radius 1 is 1.02 bits per heavy atom. The van der Waals surface area contributed by atoms with Crippen LogP contribution in [0.4, 0.5) is 24.8 Å². The highest BCUT2D eigenvalue weighted by atomic mass is 19.4. The molecule has 10 nitrogen and oxygen atoms in total. The van der Waals surface area contributed by atoms with E-state index in [-0.39, 0.29) is 18.4 Å². The Balaban J connectivity index is 1.07. The molecule has 1 aliphatic carbocycles. The molecule has 236 valence electrons. The number of allylic oxidation sites excluding steroid dienone is 3. The van der Waals surface area contributed by atoms with Crippen LogP contribution >= 0.6 is 0 Å². The van der Waals surface area contributed by atoms with Crippen molar-refractivity contribution in [2.75, 3.05) is 55.7 Å². The van der Waals surface area contributed by atoms with Crippen molar-refractivity contribution >= 4 is 23.6 Å². The number of alkyl halides is 3. The first-order chi connectivity index (χ1) is 21.0. The SMILES string of the molecule is Cc1c(/C=C2/CC=CC(C(F)(F)F)C2)nnc(N2CCN(c3cnc(C(=O)N4CCC5(CC4)OCCO5)cn3)[C@H](C)C2)c1C. The smallest absolute Gasteiger partial charge is 0.351 e. The fourth-order valence-electron chi connectivity index (χ4n) is 6.47. The van der Waals surface area contributed by atoms with E-state index in [9.17, 15) is 18.0 Å². The molecule has 44 heavy (non-hydrogen) atoms. The average Bonchev–Trinajstić information content (AvgIpc) is 3.47. The van der Waals surface area contributed by atoms with Crippen molar-refractivity contribution < 1.29 is 27.4 Å². The number of aromatic nitrogens is 4. The van der Waals surface area contributed by atoms with Gasteiger partial charge >= 0.3 is 6.18 Å². The highest BCUT2D eigenvalue weighted by molar-refractivity contribution is 5.92. The molecule has 2 aromatic heterocycles. The quantitative estimate of drug-likeness (QED) is 0.462. The molecule has 0 bridgehead atoms. The molecule has 1 spiro atoms. The van der Waals surface area contributed by atoms with Crippen LogP contribution in [-0.4, -0.2) is 94.9 Å². The zero-order chi connectivity index (χ0) is 31.1. The Morgan fingerprint density at radius 3 is 2.43 bits per heavy atom. The molecule has 5 heterocycles. The van der Waals surface area contributed by atoms with E-state index in [0.29, 0.717) is 88.0 Å². The Bertz CT molecular complexity index is 1430. The van der Waals surface area contributed by atoms with Crippen molar-refractivity contribution in [2.45, 2.75) is 64.5 Å². The van der Waals surface area contributed by atoms with E-state index in [1.807, 2.05) is 13.8 Å². The molecule has 3 saturated heterocycles. The van der Waals surface area contributed by atoms with Gasteiger partial charge in [0.15, 0.2) is 11.6 Å². The van der Waals surface area contributed by atoms with Gasteiger partial charge in [-0.3, -0.25) is 4.79 Å². The number of ether oxygens (including phenoxy) is 2. The predicted molar refractivity (Wildman–Crippen MR) is 158 cm³/mol.